The van der Waals surface area contributed by atoms with Crippen LogP contribution in [0.15, 0.2) is 42.5 Å². The minimum Gasteiger partial charge on any atom is -0.497 e. The second-order valence-electron chi connectivity index (χ2n) is 7.13. The van der Waals surface area contributed by atoms with Crippen molar-refractivity contribution in [3.8, 4) is 22.7 Å². The highest BCUT2D eigenvalue weighted by Crippen LogP contribution is 2.36. The molecule has 7 nitrogen and oxygen atoms in total. The number of hydrogen-bond acceptors (Lipinski definition) is 6. The molecule has 1 aliphatic rings. The maximum Gasteiger partial charge on any atom is 0.225 e. The van der Waals surface area contributed by atoms with Gasteiger partial charge in [-0.3, -0.25) is 0 Å². The molecule has 2 aromatic heterocycles. The zero-order valence-electron chi connectivity index (χ0n) is 16.1. The molecule has 152 valence electrons. The topological polar surface area (TPSA) is 90.9 Å². The van der Waals surface area contributed by atoms with E-state index in [1.807, 2.05) is 0 Å². The van der Waals surface area contributed by atoms with Crippen LogP contribution in [0.4, 0.5) is 16.2 Å². The Morgan fingerprint density at radius 2 is 1.93 bits per heavy atom. The largest absolute Gasteiger partial charge is 0.497 e. The molecule has 30 heavy (non-hydrogen) atoms. The number of aromatic nitrogens is 4. The Labute approximate surface area is 176 Å². The number of fused-ring (bicyclic) bond motifs is 1. The van der Waals surface area contributed by atoms with Crippen molar-refractivity contribution < 1.29 is 9.13 Å². The first kappa shape index (κ1) is 18.6. The van der Waals surface area contributed by atoms with Gasteiger partial charge < -0.3 is 15.8 Å². The Morgan fingerprint density at radius 1 is 1.17 bits per heavy atom. The molecule has 1 aliphatic carbocycles. The van der Waals surface area contributed by atoms with E-state index in [0.717, 1.165) is 12.8 Å². The van der Waals surface area contributed by atoms with E-state index >= 15 is 0 Å². The molecule has 3 N–H and O–H groups in total. The standard InChI is InChI=1S/C21H18ClFN6O/c1-30-14-8-9-15(16(23)10-14)18-17-19(24)29(13-6-2-11(22)3-7-13)28-20(17)27-21(26-18)25-12-4-5-12/h2-3,6-10,12H,4-5,24H2,1H3,(H,25,27,28). The third-order valence-electron chi connectivity index (χ3n) is 4.98. The van der Waals surface area contributed by atoms with E-state index in [2.05, 4.69) is 20.4 Å². The van der Waals surface area contributed by atoms with Gasteiger partial charge >= 0.3 is 0 Å². The summed E-state index contributed by atoms with van der Waals surface area (Å²) < 4.78 is 21.6. The first-order chi connectivity index (χ1) is 14.5. The summed E-state index contributed by atoms with van der Waals surface area (Å²) in [6, 6.07) is 12.0. The summed E-state index contributed by atoms with van der Waals surface area (Å²) >= 11 is 6.00. The first-order valence-corrected chi connectivity index (χ1v) is 9.84. The van der Waals surface area contributed by atoms with Crippen LogP contribution in [0.3, 0.4) is 0 Å². The van der Waals surface area contributed by atoms with Crippen molar-refractivity contribution in [1.29, 1.82) is 0 Å². The molecule has 4 aromatic rings. The summed E-state index contributed by atoms with van der Waals surface area (Å²) in [6.07, 6.45) is 2.10. The Morgan fingerprint density at radius 3 is 2.60 bits per heavy atom. The van der Waals surface area contributed by atoms with Crippen LogP contribution in [-0.4, -0.2) is 32.9 Å². The highest BCUT2D eigenvalue weighted by atomic mass is 35.5. The molecule has 0 saturated heterocycles. The molecule has 1 saturated carbocycles. The van der Waals surface area contributed by atoms with Crippen LogP contribution in [0.1, 0.15) is 12.8 Å². The van der Waals surface area contributed by atoms with Gasteiger partial charge in [-0.2, -0.15) is 4.98 Å². The quantitative estimate of drug-likeness (QED) is 0.492. The lowest BCUT2D eigenvalue weighted by Gasteiger charge is -2.09. The molecule has 0 bridgehead atoms. The number of halogens is 2. The van der Waals surface area contributed by atoms with E-state index in [9.17, 15) is 4.39 Å². The molecule has 0 aliphatic heterocycles. The number of nitrogens with zero attached hydrogens (tertiary/aromatic N) is 4. The van der Waals surface area contributed by atoms with Gasteiger partial charge in [0.2, 0.25) is 5.95 Å². The van der Waals surface area contributed by atoms with Crippen molar-refractivity contribution in [3.63, 3.8) is 0 Å². The van der Waals surface area contributed by atoms with Gasteiger partial charge in [0.1, 0.15) is 17.4 Å². The summed E-state index contributed by atoms with van der Waals surface area (Å²) in [5, 5.41) is 8.90. The van der Waals surface area contributed by atoms with Gasteiger partial charge in [0.05, 0.1) is 23.9 Å². The maximum atomic E-state index is 14.9. The highest BCUT2D eigenvalue weighted by molar-refractivity contribution is 6.30. The zero-order chi connectivity index (χ0) is 20.8. The third kappa shape index (κ3) is 3.29. The van der Waals surface area contributed by atoms with Gasteiger partial charge in [-0.1, -0.05) is 11.6 Å². The zero-order valence-corrected chi connectivity index (χ0v) is 16.8. The van der Waals surface area contributed by atoms with Gasteiger partial charge in [0.15, 0.2) is 5.65 Å². The van der Waals surface area contributed by atoms with Crippen molar-refractivity contribution in [2.24, 2.45) is 0 Å². The third-order valence-corrected chi connectivity index (χ3v) is 5.23. The lowest BCUT2D eigenvalue weighted by molar-refractivity contribution is 0.411. The fraction of sp³-hybridized carbons (Fsp3) is 0.190. The summed E-state index contributed by atoms with van der Waals surface area (Å²) in [5.41, 5.74) is 8.20. The Balaban J connectivity index is 1.73. The van der Waals surface area contributed by atoms with Crippen molar-refractivity contribution >= 4 is 34.4 Å². The lowest BCUT2D eigenvalue weighted by atomic mass is 10.1. The molecule has 2 heterocycles. The average molecular weight is 425 g/mol. The number of benzene rings is 2. The fourth-order valence-electron chi connectivity index (χ4n) is 3.28. The molecule has 0 amide bonds. The molecular weight excluding hydrogens is 407 g/mol. The van der Waals surface area contributed by atoms with Crippen molar-refractivity contribution in [3.05, 3.63) is 53.3 Å². The lowest BCUT2D eigenvalue weighted by Crippen LogP contribution is -2.07. The van der Waals surface area contributed by atoms with Crippen LogP contribution in [0.5, 0.6) is 5.75 Å². The molecule has 2 aromatic carbocycles. The summed E-state index contributed by atoms with van der Waals surface area (Å²) in [5.74, 6) is 0.666. The number of ether oxygens (including phenoxy) is 1. The average Bonchev–Trinajstić information content (AvgIpc) is 3.49. The number of methoxy groups -OCH3 is 1. The number of hydrogen-bond donors (Lipinski definition) is 2. The molecule has 0 unspecified atom stereocenters. The monoisotopic (exact) mass is 424 g/mol. The van der Waals surface area contributed by atoms with Gasteiger partial charge in [-0.05, 0) is 49.2 Å². The number of anilines is 2. The van der Waals surface area contributed by atoms with Gasteiger partial charge in [0, 0.05) is 22.7 Å². The molecular formula is C21H18ClFN6O. The van der Waals surface area contributed by atoms with Gasteiger partial charge in [-0.15, -0.1) is 5.10 Å². The first-order valence-electron chi connectivity index (χ1n) is 9.46. The van der Waals surface area contributed by atoms with Crippen molar-refractivity contribution in [2.75, 3.05) is 18.2 Å². The predicted molar refractivity (Wildman–Crippen MR) is 115 cm³/mol. The SMILES string of the molecule is COc1ccc(-c2nc(NC3CC3)nc3nn(-c4ccc(Cl)cc4)c(N)c23)c(F)c1. The van der Waals surface area contributed by atoms with Gasteiger partial charge in [-0.25, -0.2) is 14.1 Å². The van der Waals surface area contributed by atoms with Crippen molar-refractivity contribution in [1.82, 2.24) is 19.7 Å². The molecule has 0 spiro atoms. The molecule has 0 radical (unpaired) electrons. The number of nitrogen functional groups attached to an aromatic ring is 1. The van der Waals surface area contributed by atoms with Gasteiger partial charge in [0.25, 0.3) is 0 Å². The maximum absolute atomic E-state index is 14.9. The Bertz CT molecular complexity index is 1250. The second kappa shape index (κ2) is 7.14. The van der Waals surface area contributed by atoms with E-state index in [1.165, 1.54) is 13.2 Å². The van der Waals surface area contributed by atoms with Crippen LogP contribution >= 0.6 is 11.6 Å². The van der Waals surface area contributed by atoms with Crippen molar-refractivity contribution in [2.45, 2.75) is 18.9 Å². The van der Waals surface area contributed by atoms with E-state index < -0.39 is 5.82 Å². The minimum absolute atomic E-state index is 0.296. The normalized spacial score (nSPS) is 13.6. The Kier molecular flexibility index (Phi) is 4.43. The number of nitrogens with one attached hydrogen (secondary N) is 1. The number of nitrogens with two attached hydrogens (primary N) is 1. The van der Waals surface area contributed by atoms with Crippen LogP contribution < -0.4 is 15.8 Å². The van der Waals surface area contributed by atoms with E-state index in [-0.39, 0.29) is 0 Å². The van der Waals surface area contributed by atoms with Crippen LogP contribution in [-0.2, 0) is 0 Å². The van der Waals surface area contributed by atoms with Crippen LogP contribution in [0, 0.1) is 5.82 Å². The summed E-state index contributed by atoms with van der Waals surface area (Å²) in [4.78, 5) is 9.11. The Hall–Kier alpha value is -3.39. The molecule has 1 fully saturated rings. The predicted octanol–water partition coefficient (Wildman–Crippen LogP) is 4.44. The molecule has 9 heteroatoms. The summed E-state index contributed by atoms with van der Waals surface area (Å²) in [7, 11) is 1.49. The number of rotatable bonds is 5. The minimum atomic E-state index is -0.467. The highest BCUT2D eigenvalue weighted by Gasteiger charge is 2.25. The van der Waals surface area contributed by atoms with Crippen LogP contribution in [0.25, 0.3) is 28.0 Å². The van der Waals surface area contributed by atoms with Crippen LogP contribution in [0.2, 0.25) is 5.02 Å². The van der Waals surface area contributed by atoms with E-state index in [1.54, 1.807) is 41.1 Å². The smallest absolute Gasteiger partial charge is 0.225 e. The summed E-state index contributed by atoms with van der Waals surface area (Å²) in [6.45, 7) is 0. The van der Waals surface area contributed by atoms with E-state index in [4.69, 9.17) is 22.1 Å². The second-order valence-corrected chi connectivity index (χ2v) is 7.57. The van der Waals surface area contributed by atoms with E-state index in [0.29, 0.717) is 56.6 Å². The molecule has 5 rings (SSSR count). The fourth-order valence-corrected chi connectivity index (χ4v) is 3.40. The molecule has 0 atom stereocenters.